The molecule has 0 aliphatic rings. The van der Waals surface area contributed by atoms with Crippen molar-refractivity contribution in [2.75, 3.05) is 6.61 Å². The fourth-order valence-electron chi connectivity index (χ4n) is 4.55. The molecule has 192 valence electrons. The average molecular weight is 505 g/mol. The summed E-state index contributed by atoms with van der Waals surface area (Å²) < 4.78 is 34.3. The predicted octanol–water partition coefficient (Wildman–Crippen LogP) is 6.37. The highest BCUT2D eigenvalue weighted by atomic mass is 19.2. The van der Waals surface area contributed by atoms with Crippen LogP contribution in [0.3, 0.4) is 0 Å². The minimum Gasteiger partial charge on any atom is -0.462 e. The topological polar surface area (TPSA) is 60.3 Å². The molecule has 0 atom stereocenters. The highest BCUT2D eigenvalue weighted by Crippen LogP contribution is 2.36. The summed E-state index contributed by atoms with van der Waals surface area (Å²) in [5.41, 5.74) is 3.47. The van der Waals surface area contributed by atoms with Gasteiger partial charge in [0.25, 0.3) is 5.91 Å². The number of fused-ring (bicyclic) bond motifs is 1. The number of benzene rings is 3. The normalized spacial score (nSPS) is 11.5. The zero-order chi connectivity index (χ0) is 26.7. The van der Waals surface area contributed by atoms with Gasteiger partial charge in [-0.15, -0.1) is 0 Å². The first kappa shape index (κ1) is 26.1. The van der Waals surface area contributed by atoms with Crippen molar-refractivity contribution >= 4 is 22.8 Å². The van der Waals surface area contributed by atoms with Crippen molar-refractivity contribution in [2.45, 2.75) is 46.2 Å². The number of nitrogens with zero attached hydrogens (tertiary/aromatic N) is 1. The predicted molar refractivity (Wildman–Crippen MR) is 140 cm³/mol. The lowest BCUT2D eigenvalue weighted by atomic mass is 9.88. The fourth-order valence-corrected chi connectivity index (χ4v) is 4.55. The van der Waals surface area contributed by atoms with Gasteiger partial charge in [0.1, 0.15) is 0 Å². The molecule has 3 aromatic carbocycles. The van der Waals surface area contributed by atoms with Gasteiger partial charge in [-0.25, -0.2) is 13.6 Å². The van der Waals surface area contributed by atoms with Crippen LogP contribution in [0, 0.1) is 11.6 Å². The molecule has 4 aromatic rings. The number of amides is 1. The summed E-state index contributed by atoms with van der Waals surface area (Å²) >= 11 is 0. The molecule has 1 N–H and O–H groups in total. The highest BCUT2D eigenvalue weighted by molar-refractivity contribution is 6.10. The maximum atomic E-state index is 13.7. The van der Waals surface area contributed by atoms with Crippen LogP contribution in [0.25, 0.3) is 10.9 Å². The quantitative estimate of drug-likeness (QED) is 0.298. The molecule has 0 aliphatic carbocycles. The molecule has 0 fully saturated rings. The third-order valence-electron chi connectivity index (χ3n) is 6.13. The van der Waals surface area contributed by atoms with Crippen molar-refractivity contribution in [1.29, 1.82) is 0 Å². The minimum atomic E-state index is -0.965. The third kappa shape index (κ3) is 5.56. The van der Waals surface area contributed by atoms with E-state index < -0.39 is 23.0 Å². The van der Waals surface area contributed by atoms with Crippen LogP contribution >= 0.6 is 0 Å². The van der Waals surface area contributed by atoms with E-state index in [0.717, 1.165) is 28.9 Å². The Labute approximate surface area is 215 Å². The van der Waals surface area contributed by atoms with Gasteiger partial charge >= 0.3 is 5.97 Å². The van der Waals surface area contributed by atoms with Crippen molar-refractivity contribution in [1.82, 2.24) is 9.88 Å². The number of nitrogens with one attached hydrogen (secondary N) is 1. The summed E-state index contributed by atoms with van der Waals surface area (Å²) in [5, 5.41) is 3.56. The minimum absolute atomic E-state index is 0.0336. The van der Waals surface area contributed by atoms with Gasteiger partial charge < -0.3 is 14.6 Å². The van der Waals surface area contributed by atoms with E-state index in [1.54, 1.807) is 25.1 Å². The molecule has 1 aromatic heterocycles. The number of aromatic nitrogens is 1. The smallest absolute Gasteiger partial charge is 0.338 e. The van der Waals surface area contributed by atoms with Gasteiger partial charge in [0.2, 0.25) is 0 Å². The Kier molecular flexibility index (Phi) is 7.43. The summed E-state index contributed by atoms with van der Waals surface area (Å²) in [4.78, 5) is 26.2. The number of esters is 1. The van der Waals surface area contributed by atoms with E-state index in [1.165, 1.54) is 6.07 Å². The maximum absolute atomic E-state index is 13.7. The van der Waals surface area contributed by atoms with Gasteiger partial charge in [-0.3, -0.25) is 4.79 Å². The Morgan fingerprint density at radius 2 is 1.65 bits per heavy atom. The molecule has 0 saturated carbocycles. The molecule has 7 heteroatoms. The van der Waals surface area contributed by atoms with E-state index in [0.29, 0.717) is 28.6 Å². The monoisotopic (exact) mass is 504 g/mol. The Hall–Kier alpha value is -4.00. The maximum Gasteiger partial charge on any atom is 0.338 e. The Morgan fingerprint density at radius 3 is 2.30 bits per heavy atom. The first-order valence-electron chi connectivity index (χ1n) is 12.2. The number of rotatable bonds is 7. The third-order valence-corrected chi connectivity index (χ3v) is 6.13. The summed E-state index contributed by atoms with van der Waals surface area (Å²) in [6.45, 7) is 8.62. The van der Waals surface area contributed by atoms with Crippen LogP contribution in [-0.4, -0.2) is 23.1 Å². The molecule has 0 unspecified atom stereocenters. The number of halogens is 2. The zero-order valence-electron chi connectivity index (χ0n) is 21.4. The van der Waals surface area contributed by atoms with Gasteiger partial charge in [0, 0.05) is 29.6 Å². The average Bonchev–Trinajstić information content (AvgIpc) is 3.19. The number of hydrogen-bond acceptors (Lipinski definition) is 3. The van der Waals surface area contributed by atoms with E-state index >= 15 is 0 Å². The van der Waals surface area contributed by atoms with Crippen LogP contribution in [0.2, 0.25) is 0 Å². The van der Waals surface area contributed by atoms with Crippen molar-refractivity contribution in [3.63, 3.8) is 0 Å². The van der Waals surface area contributed by atoms with E-state index in [9.17, 15) is 18.4 Å². The van der Waals surface area contributed by atoms with Gasteiger partial charge in [0.05, 0.1) is 23.3 Å². The summed E-state index contributed by atoms with van der Waals surface area (Å²) in [7, 11) is 0. The summed E-state index contributed by atoms with van der Waals surface area (Å²) in [6.07, 6.45) is 0. The van der Waals surface area contributed by atoms with E-state index in [4.69, 9.17) is 4.74 Å². The van der Waals surface area contributed by atoms with Gasteiger partial charge in [-0.2, -0.15) is 0 Å². The lowest BCUT2D eigenvalue weighted by Crippen LogP contribution is -2.28. The molecular weight excluding hydrogens is 474 g/mol. The van der Waals surface area contributed by atoms with Gasteiger partial charge in [-0.1, -0.05) is 63.2 Å². The van der Waals surface area contributed by atoms with Gasteiger partial charge in [-0.05, 0) is 42.3 Å². The lowest BCUT2D eigenvalue weighted by molar-refractivity contribution is 0.0526. The van der Waals surface area contributed by atoms with Crippen LogP contribution in [-0.2, 0) is 23.2 Å². The number of carbonyl (C=O) groups excluding carboxylic acids is 2. The van der Waals surface area contributed by atoms with E-state index in [2.05, 4.69) is 9.88 Å². The van der Waals surface area contributed by atoms with Crippen molar-refractivity contribution in [3.05, 3.63) is 106 Å². The Morgan fingerprint density at radius 1 is 0.919 bits per heavy atom. The van der Waals surface area contributed by atoms with Crippen molar-refractivity contribution in [3.8, 4) is 0 Å². The Bertz CT molecular complexity index is 1450. The van der Waals surface area contributed by atoms with Crippen LogP contribution in [0.4, 0.5) is 8.78 Å². The van der Waals surface area contributed by atoms with Crippen LogP contribution in [0.15, 0.2) is 66.7 Å². The number of hydrogen-bond donors (Lipinski definition) is 1. The molecule has 0 spiro atoms. The molecule has 0 bridgehead atoms. The largest absolute Gasteiger partial charge is 0.462 e. The van der Waals surface area contributed by atoms with Crippen LogP contribution in [0.1, 0.15) is 65.2 Å². The molecule has 0 radical (unpaired) electrons. The van der Waals surface area contributed by atoms with Crippen molar-refractivity contribution in [2.24, 2.45) is 0 Å². The van der Waals surface area contributed by atoms with Crippen LogP contribution < -0.4 is 5.32 Å². The molecule has 0 saturated heterocycles. The standard InChI is InChI=1S/C30H30F2N2O3/c1-5-37-29(36)21-12-13-22-25(16-21)34(18-19-9-7-6-8-10-19)27(30(2,3)4)26(22)28(35)33-17-20-11-14-23(31)24(32)15-20/h6-16H,5,17-18H2,1-4H3,(H,33,35). The van der Waals surface area contributed by atoms with Crippen molar-refractivity contribution < 1.29 is 23.1 Å². The summed E-state index contributed by atoms with van der Waals surface area (Å²) in [6, 6.07) is 18.6. The molecule has 1 heterocycles. The first-order chi connectivity index (χ1) is 17.6. The van der Waals surface area contributed by atoms with Gasteiger partial charge in [0.15, 0.2) is 11.6 Å². The second kappa shape index (κ2) is 10.5. The second-order valence-electron chi connectivity index (χ2n) is 9.93. The molecule has 0 aliphatic heterocycles. The van der Waals surface area contributed by atoms with Crippen LogP contribution in [0.5, 0.6) is 0 Å². The fraction of sp³-hybridized carbons (Fsp3) is 0.267. The molecular formula is C30H30F2N2O3. The SMILES string of the molecule is CCOC(=O)c1ccc2c(C(=O)NCc3ccc(F)c(F)c3)c(C(C)(C)C)n(Cc3ccccc3)c2c1. The van der Waals surface area contributed by atoms with E-state index in [-0.39, 0.29) is 19.1 Å². The molecule has 5 nitrogen and oxygen atoms in total. The lowest BCUT2D eigenvalue weighted by Gasteiger charge is -2.24. The zero-order valence-corrected chi connectivity index (χ0v) is 21.4. The molecule has 4 rings (SSSR count). The molecule has 37 heavy (non-hydrogen) atoms. The second-order valence-corrected chi connectivity index (χ2v) is 9.93. The Balaban J connectivity index is 1.85. The number of ether oxygens (including phenoxy) is 1. The number of carbonyl (C=O) groups is 2. The molecule has 1 amide bonds. The highest BCUT2D eigenvalue weighted by Gasteiger charge is 2.31. The summed E-state index contributed by atoms with van der Waals surface area (Å²) in [5.74, 6) is -2.67. The van der Waals surface area contributed by atoms with E-state index in [1.807, 2.05) is 51.1 Å². The first-order valence-corrected chi connectivity index (χ1v) is 12.2.